The van der Waals surface area contributed by atoms with Crippen molar-refractivity contribution in [2.75, 3.05) is 13.1 Å². The highest BCUT2D eigenvalue weighted by Gasteiger charge is 2.51. The van der Waals surface area contributed by atoms with Crippen molar-refractivity contribution in [3.05, 3.63) is 47.8 Å². The molecule has 0 unspecified atom stereocenters. The fraction of sp³-hybridized carbons (Fsp3) is 0.333. The molecule has 0 N–H and O–H groups in total. The molecular weight excluding hydrogens is 302 g/mol. The van der Waals surface area contributed by atoms with Crippen LogP contribution in [0, 0.1) is 0 Å². The molecule has 1 saturated heterocycles. The van der Waals surface area contributed by atoms with Gasteiger partial charge in [-0.05, 0) is 17.7 Å². The second kappa shape index (κ2) is 4.42. The summed E-state index contributed by atoms with van der Waals surface area (Å²) in [5, 5.41) is 3.47. The molecule has 2 aromatic rings. The van der Waals surface area contributed by atoms with Crippen LogP contribution in [-0.2, 0) is 16.9 Å². The zero-order valence-electron chi connectivity index (χ0n) is 12.0. The normalized spacial score (nSPS) is 25.0. The third kappa shape index (κ3) is 1.68. The predicted octanol–water partition coefficient (Wildman–Crippen LogP) is 0.816. The molecule has 22 heavy (non-hydrogen) atoms. The van der Waals surface area contributed by atoms with Gasteiger partial charge in [0.2, 0.25) is 0 Å². The van der Waals surface area contributed by atoms with Crippen LogP contribution in [0.3, 0.4) is 0 Å². The van der Waals surface area contributed by atoms with E-state index in [0.29, 0.717) is 17.1 Å². The molecule has 2 aliphatic heterocycles. The van der Waals surface area contributed by atoms with Gasteiger partial charge in [0, 0.05) is 32.3 Å². The van der Waals surface area contributed by atoms with Crippen LogP contribution in [0.2, 0.25) is 0 Å². The molecule has 1 aromatic carbocycles. The largest absolute Gasteiger partial charge is 0.335 e. The van der Waals surface area contributed by atoms with Crippen LogP contribution in [0.4, 0.5) is 0 Å². The van der Waals surface area contributed by atoms with Gasteiger partial charge in [0.25, 0.3) is 5.91 Å². The molecule has 0 spiro atoms. The Morgan fingerprint density at radius 2 is 2.00 bits per heavy atom. The smallest absolute Gasteiger partial charge is 0.272 e. The Bertz CT molecular complexity index is 872. The van der Waals surface area contributed by atoms with Crippen molar-refractivity contribution in [1.29, 1.82) is 0 Å². The lowest BCUT2D eigenvalue weighted by Crippen LogP contribution is -2.32. The quantitative estimate of drug-likeness (QED) is 0.780. The van der Waals surface area contributed by atoms with Crippen LogP contribution in [0.15, 0.2) is 41.4 Å². The number of carbonyl (C=O) groups excluding carboxylic acids is 1. The van der Waals surface area contributed by atoms with Gasteiger partial charge >= 0.3 is 0 Å². The lowest BCUT2D eigenvalue weighted by molar-refractivity contribution is 0.0780. The average molecular weight is 317 g/mol. The van der Waals surface area contributed by atoms with E-state index in [-0.39, 0.29) is 18.4 Å². The van der Waals surface area contributed by atoms with Gasteiger partial charge < -0.3 is 4.90 Å². The summed E-state index contributed by atoms with van der Waals surface area (Å²) in [4.78, 5) is 14.6. The number of carbonyl (C=O) groups is 1. The van der Waals surface area contributed by atoms with Crippen molar-refractivity contribution in [2.45, 2.75) is 16.1 Å². The molecule has 4 rings (SSSR count). The Morgan fingerprint density at radius 1 is 1.23 bits per heavy atom. The van der Waals surface area contributed by atoms with Crippen LogP contribution in [0.5, 0.6) is 0 Å². The number of amides is 1. The number of sulfone groups is 1. The molecule has 2 atom stereocenters. The summed E-state index contributed by atoms with van der Waals surface area (Å²) in [5.41, 5.74) is 1.32. The highest BCUT2D eigenvalue weighted by molar-refractivity contribution is 7.92. The number of rotatable bonds is 1. The van der Waals surface area contributed by atoms with E-state index < -0.39 is 15.1 Å². The number of aryl methyl sites for hydroxylation is 1. The molecule has 7 heteroatoms. The standard InChI is InChI=1S/C15H15N3O3S/c1-17-12(6-7-16-17)15(19)18-8-11-10-4-2-3-5-13(10)22(20,21)14(11)9-18/h2-7,11,14H,8-9H2,1H3/t11-,14+/m1/s1. The number of benzene rings is 1. The minimum atomic E-state index is -3.34. The molecule has 0 bridgehead atoms. The van der Waals surface area contributed by atoms with E-state index in [2.05, 4.69) is 5.10 Å². The van der Waals surface area contributed by atoms with Gasteiger partial charge in [-0.1, -0.05) is 18.2 Å². The van der Waals surface area contributed by atoms with Crippen molar-refractivity contribution in [3.63, 3.8) is 0 Å². The third-order valence-electron chi connectivity index (χ3n) is 4.62. The zero-order valence-corrected chi connectivity index (χ0v) is 12.8. The topological polar surface area (TPSA) is 72.3 Å². The monoisotopic (exact) mass is 317 g/mol. The van der Waals surface area contributed by atoms with E-state index in [9.17, 15) is 13.2 Å². The van der Waals surface area contributed by atoms with Gasteiger partial charge in [-0.2, -0.15) is 5.10 Å². The van der Waals surface area contributed by atoms with Crippen LogP contribution in [-0.4, -0.2) is 47.3 Å². The number of aromatic nitrogens is 2. The summed E-state index contributed by atoms with van der Waals surface area (Å²) in [6, 6.07) is 8.77. The molecule has 0 radical (unpaired) electrons. The summed E-state index contributed by atoms with van der Waals surface area (Å²) in [5.74, 6) is -0.291. The first kappa shape index (κ1) is 13.5. The minimum absolute atomic E-state index is 0.127. The van der Waals surface area contributed by atoms with Crippen molar-refractivity contribution < 1.29 is 13.2 Å². The Kier molecular flexibility index (Phi) is 2.72. The Hall–Kier alpha value is -2.15. The van der Waals surface area contributed by atoms with E-state index >= 15 is 0 Å². The Labute approximate surface area is 128 Å². The van der Waals surface area contributed by atoms with Crippen LogP contribution >= 0.6 is 0 Å². The second-order valence-electron chi connectivity index (χ2n) is 5.78. The first-order valence-corrected chi connectivity index (χ1v) is 8.65. The first-order chi connectivity index (χ1) is 10.5. The third-order valence-corrected chi connectivity index (χ3v) is 6.88. The van der Waals surface area contributed by atoms with Gasteiger partial charge in [0.15, 0.2) is 9.84 Å². The van der Waals surface area contributed by atoms with Gasteiger partial charge in [-0.15, -0.1) is 0 Å². The minimum Gasteiger partial charge on any atom is -0.335 e. The maximum Gasteiger partial charge on any atom is 0.272 e. The predicted molar refractivity (Wildman–Crippen MR) is 79.3 cm³/mol. The Morgan fingerprint density at radius 3 is 2.73 bits per heavy atom. The van der Waals surface area contributed by atoms with Crippen LogP contribution in [0.1, 0.15) is 22.0 Å². The van der Waals surface area contributed by atoms with E-state index in [1.807, 2.05) is 12.1 Å². The van der Waals surface area contributed by atoms with Crippen LogP contribution in [0.25, 0.3) is 0 Å². The van der Waals surface area contributed by atoms with Crippen molar-refractivity contribution >= 4 is 15.7 Å². The second-order valence-corrected chi connectivity index (χ2v) is 7.91. The molecule has 0 aliphatic carbocycles. The molecule has 114 valence electrons. The fourth-order valence-electron chi connectivity index (χ4n) is 3.51. The van der Waals surface area contributed by atoms with E-state index in [0.717, 1.165) is 5.56 Å². The van der Waals surface area contributed by atoms with Crippen molar-refractivity contribution in [3.8, 4) is 0 Å². The number of nitrogens with zero attached hydrogens (tertiary/aromatic N) is 3. The van der Waals surface area contributed by atoms with E-state index in [1.54, 1.807) is 36.3 Å². The first-order valence-electron chi connectivity index (χ1n) is 7.10. The van der Waals surface area contributed by atoms with E-state index in [1.165, 1.54) is 4.68 Å². The molecule has 6 nitrogen and oxygen atoms in total. The molecule has 0 saturated carbocycles. The van der Waals surface area contributed by atoms with Crippen molar-refractivity contribution in [2.24, 2.45) is 7.05 Å². The lowest BCUT2D eigenvalue weighted by atomic mass is 9.99. The average Bonchev–Trinajstić information content (AvgIpc) is 3.16. The van der Waals surface area contributed by atoms with Crippen molar-refractivity contribution in [1.82, 2.24) is 14.7 Å². The summed E-state index contributed by atoms with van der Waals surface area (Å²) in [6.07, 6.45) is 1.57. The summed E-state index contributed by atoms with van der Waals surface area (Å²) < 4.78 is 26.8. The van der Waals surface area contributed by atoms with Gasteiger partial charge in [0.05, 0.1) is 10.1 Å². The van der Waals surface area contributed by atoms with E-state index in [4.69, 9.17) is 0 Å². The molecule has 1 amide bonds. The maximum atomic E-state index is 12.6. The molecule has 2 aliphatic rings. The highest BCUT2D eigenvalue weighted by atomic mass is 32.2. The van der Waals surface area contributed by atoms with Crippen LogP contribution < -0.4 is 0 Å². The fourth-order valence-corrected chi connectivity index (χ4v) is 5.69. The van der Waals surface area contributed by atoms with Gasteiger partial charge in [-0.3, -0.25) is 9.48 Å². The number of fused-ring (bicyclic) bond motifs is 3. The van der Waals surface area contributed by atoms with Gasteiger partial charge in [0.1, 0.15) is 5.69 Å². The molecule has 1 fully saturated rings. The zero-order chi connectivity index (χ0) is 15.5. The molecular formula is C15H15N3O3S. The summed E-state index contributed by atoms with van der Waals surface area (Å²) in [6.45, 7) is 0.677. The molecule has 3 heterocycles. The SMILES string of the molecule is Cn1nccc1C(=O)N1C[C@@H]2c3ccccc3S(=O)(=O)[C@H]2C1. The number of likely N-dealkylation sites (tertiary alicyclic amines) is 1. The summed E-state index contributed by atoms with van der Waals surface area (Å²) >= 11 is 0. The lowest BCUT2D eigenvalue weighted by Gasteiger charge is -2.17. The Balaban J connectivity index is 1.70. The highest BCUT2D eigenvalue weighted by Crippen LogP contribution is 2.44. The number of hydrogen-bond acceptors (Lipinski definition) is 4. The summed E-state index contributed by atoms with van der Waals surface area (Å²) in [7, 11) is -1.64. The molecule has 1 aromatic heterocycles. The number of hydrogen-bond donors (Lipinski definition) is 0. The van der Waals surface area contributed by atoms with Gasteiger partial charge in [-0.25, -0.2) is 8.42 Å². The maximum absolute atomic E-state index is 12.6.